The number of hydrogen-bond donors (Lipinski definition) is 2. The van der Waals surface area contributed by atoms with Crippen LogP contribution in [0.25, 0.3) is 0 Å². The third kappa shape index (κ3) is 5.80. The van der Waals surface area contributed by atoms with Crippen LogP contribution in [-0.2, 0) is 9.59 Å². The van der Waals surface area contributed by atoms with E-state index in [0.29, 0.717) is 10.6 Å². The fourth-order valence-corrected chi connectivity index (χ4v) is 5.27. The first kappa shape index (κ1) is 24.7. The SMILES string of the molecule is Cc1ccccc1[C@@H](C(=O)NC1CCCC1)N(C(=O)CNC(=O)c1cccs1)c1ccccc1C. The molecule has 1 fully saturated rings. The van der Waals surface area contributed by atoms with Crippen LogP contribution >= 0.6 is 11.3 Å². The van der Waals surface area contributed by atoms with Gasteiger partial charge in [0.2, 0.25) is 11.8 Å². The van der Waals surface area contributed by atoms with Gasteiger partial charge in [0.15, 0.2) is 0 Å². The van der Waals surface area contributed by atoms with Gasteiger partial charge in [-0.3, -0.25) is 19.3 Å². The molecule has 0 bridgehead atoms. The number of anilines is 1. The van der Waals surface area contributed by atoms with E-state index in [1.807, 2.05) is 67.8 Å². The van der Waals surface area contributed by atoms with Gasteiger partial charge in [0, 0.05) is 11.7 Å². The van der Waals surface area contributed by atoms with Gasteiger partial charge in [-0.15, -0.1) is 11.3 Å². The van der Waals surface area contributed by atoms with Crippen molar-refractivity contribution in [2.24, 2.45) is 0 Å². The van der Waals surface area contributed by atoms with E-state index in [0.717, 1.165) is 42.4 Å². The van der Waals surface area contributed by atoms with Gasteiger partial charge in [-0.1, -0.05) is 61.4 Å². The molecule has 1 aromatic heterocycles. The Bertz CT molecular complexity index is 1190. The van der Waals surface area contributed by atoms with Gasteiger partial charge in [-0.25, -0.2) is 0 Å². The molecule has 0 radical (unpaired) electrons. The fraction of sp³-hybridized carbons (Fsp3) is 0.321. The number of carbonyl (C=O) groups is 3. The molecule has 4 rings (SSSR count). The van der Waals surface area contributed by atoms with E-state index in [2.05, 4.69) is 10.6 Å². The maximum Gasteiger partial charge on any atom is 0.261 e. The van der Waals surface area contributed by atoms with Crippen molar-refractivity contribution in [3.8, 4) is 0 Å². The lowest BCUT2D eigenvalue weighted by Gasteiger charge is -2.34. The second kappa shape index (κ2) is 11.3. The second-order valence-corrected chi connectivity index (χ2v) is 9.91. The molecule has 0 unspecified atom stereocenters. The largest absolute Gasteiger partial charge is 0.351 e. The third-order valence-electron chi connectivity index (χ3n) is 6.48. The van der Waals surface area contributed by atoms with Crippen molar-refractivity contribution in [3.05, 3.63) is 87.6 Å². The van der Waals surface area contributed by atoms with Crippen LogP contribution in [0.4, 0.5) is 5.69 Å². The molecule has 1 saturated carbocycles. The lowest BCUT2D eigenvalue weighted by Crippen LogP contribution is -2.49. The number of nitrogens with zero attached hydrogens (tertiary/aromatic N) is 1. The molecular formula is C28H31N3O3S. The number of amides is 3. The quantitative estimate of drug-likeness (QED) is 0.471. The van der Waals surface area contributed by atoms with Crippen LogP contribution in [-0.4, -0.2) is 30.3 Å². The summed E-state index contributed by atoms with van der Waals surface area (Å²) < 4.78 is 0. The predicted molar refractivity (Wildman–Crippen MR) is 140 cm³/mol. The van der Waals surface area contributed by atoms with Crippen molar-refractivity contribution in [1.29, 1.82) is 0 Å². The maximum absolute atomic E-state index is 13.8. The van der Waals surface area contributed by atoms with Gasteiger partial charge in [-0.2, -0.15) is 0 Å². The van der Waals surface area contributed by atoms with Crippen molar-refractivity contribution >= 4 is 34.7 Å². The normalized spacial score (nSPS) is 14.3. The molecule has 0 saturated heterocycles. The van der Waals surface area contributed by atoms with Gasteiger partial charge in [0.25, 0.3) is 5.91 Å². The summed E-state index contributed by atoms with van der Waals surface area (Å²) in [5.41, 5.74) is 3.22. The van der Waals surface area contributed by atoms with Gasteiger partial charge in [-0.05, 0) is 60.9 Å². The number of nitrogens with one attached hydrogen (secondary N) is 2. The molecule has 3 amide bonds. The summed E-state index contributed by atoms with van der Waals surface area (Å²) in [4.78, 5) is 42.2. The highest BCUT2D eigenvalue weighted by molar-refractivity contribution is 7.12. The van der Waals surface area contributed by atoms with Crippen LogP contribution in [0.2, 0.25) is 0 Å². The molecular weight excluding hydrogens is 458 g/mol. The number of thiophene rings is 1. The van der Waals surface area contributed by atoms with E-state index in [-0.39, 0.29) is 30.3 Å². The topological polar surface area (TPSA) is 78.5 Å². The van der Waals surface area contributed by atoms with Crippen molar-refractivity contribution in [2.75, 3.05) is 11.4 Å². The summed E-state index contributed by atoms with van der Waals surface area (Å²) in [5, 5.41) is 7.75. The summed E-state index contributed by atoms with van der Waals surface area (Å²) in [5.74, 6) is -0.854. The van der Waals surface area contributed by atoms with E-state index in [1.54, 1.807) is 17.0 Å². The molecule has 2 aromatic carbocycles. The number of rotatable bonds is 8. The first-order valence-corrected chi connectivity index (χ1v) is 12.9. The van der Waals surface area contributed by atoms with Crippen LogP contribution < -0.4 is 15.5 Å². The number of aryl methyl sites for hydroxylation is 2. The monoisotopic (exact) mass is 489 g/mol. The van der Waals surface area contributed by atoms with E-state index < -0.39 is 6.04 Å². The molecule has 35 heavy (non-hydrogen) atoms. The zero-order valence-corrected chi connectivity index (χ0v) is 20.9. The molecule has 2 N–H and O–H groups in total. The summed E-state index contributed by atoms with van der Waals surface area (Å²) >= 11 is 1.32. The third-order valence-corrected chi connectivity index (χ3v) is 7.35. The minimum absolute atomic E-state index is 0.112. The lowest BCUT2D eigenvalue weighted by molar-refractivity contribution is -0.126. The molecule has 1 heterocycles. The number of carbonyl (C=O) groups excluding carboxylic acids is 3. The molecule has 6 nitrogen and oxygen atoms in total. The zero-order chi connectivity index (χ0) is 24.8. The highest BCUT2D eigenvalue weighted by Gasteiger charge is 2.35. The van der Waals surface area contributed by atoms with Crippen LogP contribution in [0.1, 0.15) is 58.1 Å². The molecule has 1 aliphatic rings. The second-order valence-electron chi connectivity index (χ2n) is 8.96. The Hall–Kier alpha value is -3.45. The van der Waals surface area contributed by atoms with Crippen LogP contribution in [0.5, 0.6) is 0 Å². The van der Waals surface area contributed by atoms with Crippen LogP contribution in [0.3, 0.4) is 0 Å². The Morgan fingerprint density at radius 2 is 1.63 bits per heavy atom. The molecule has 3 aromatic rings. The Labute approximate surface area is 210 Å². The molecule has 7 heteroatoms. The average Bonchev–Trinajstić information content (AvgIpc) is 3.57. The van der Waals surface area contributed by atoms with Gasteiger partial charge in [0.1, 0.15) is 6.04 Å². The first-order valence-electron chi connectivity index (χ1n) is 12.0. The average molecular weight is 490 g/mol. The molecule has 0 spiro atoms. The summed E-state index contributed by atoms with van der Waals surface area (Å²) in [6.45, 7) is 3.65. The van der Waals surface area contributed by atoms with E-state index in [9.17, 15) is 14.4 Å². The smallest absolute Gasteiger partial charge is 0.261 e. The van der Waals surface area contributed by atoms with E-state index in [1.165, 1.54) is 11.3 Å². The fourth-order valence-electron chi connectivity index (χ4n) is 4.63. The highest BCUT2D eigenvalue weighted by Crippen LogP contribution is 2.32. The standard InChI is InChI=1S/C28H31N3O3S/c1-19-10-3-7-14-22(19)26(28(34)30-21-12-5-6-13-21)31(23-15-8-4-11-20(23)2)25(32)18-29-27(33)24-16-9-17-35-24/h3-4,7-11,14-17,21,26H,5-6,12-13,18H2,1-2H3,(H,29,33)(H,30,34)/t26-/m0/s1. The Morgan fingerprint density at radius 1 is 0.943 bits per heavy atom. The Kier molecular flexibility index (Phi) is 7.98. The van der Waals surface area contributed by atoms with Gasteiger partial charge < -0.3 is 10.6 Å². The van der Waals surface area contributed by atoms with E-state index >= 15 is 0 Å². The Morgan fingerprint density at radius 3 is 2.29 bits per heavy atom. The maximum atomic E-state index is 13.8. The van der Waals surface area contributed by atoms with Crippen molar-refractivity contribution in [1.82, 2.24) is 10.6 Å². The van der Waals surface area contributed by atoms with Gasteiger partial charge in [0.05, 0.1) is 11.4 Å². The van der Waals surface area contributed by atoms with Crippen molar-refractivity contribution in [3.63, 3.8) is 0 Å². The number of hydrogen-bond acceptors (Lipinski definition) is 4. The Balaban J connectivity index is 1.71. The van der Waals surface area contributed by atoms with Crippen molar-refractivity contribution in [2.45, 2.75) is 51.6 Å². The first-order chi connectivity index (χ1) is 17.0. The minimum atomic E-state index is -0.857. The van der Waals surface area contributed by atoms with E-state index in [4.69, 9.17) is 0 Å². The van der Waals surface area contributed by atoms with Crippen LogP contribution in [0, 0.1) is 13.8 Å². The summed E-state index contributed by atoms with van der Waals surface area (Å²) in [6.07, 6.45) is 4.08. The molecule has 1 aliphatic carbocycles. The summed E-state index contributed by atoms with van der Waals surface area (Å²) in [7, 11) is 0. The molecule has 1 atom stereocenters. The molecule has 182 valence electrons. The zero-order valence-electron chi connectivity index (χ0n) is 20.1. The number of benzene rings is 2. The van der Waals surface area contributed by atoms with Crippen LogP contribution in [0.15, 0.2) is 66.0 Å². The highest BCUT2D eigenvalue weighted by atomic mass is 32.1. The van der Waals surface area contributed by atoms with Gasteiger partial charge >= 0.3 is 0 Å². The minimum Gasteiger partial charge on any atom is -0.351 e. The summed E-state index contributed by atoms with van der Waals surface area (Å²) in [6, 6.07) is 18.0. The lowest BCUT2D eigenvalue weighted by atomic mass is 9.97. The molecule has 0 aliphatic heterocycles. The number of para-hydroxylation sites is 1. The predicted octanol–water partition coefficient (Wildman–Crippen LogP) is 4.93. The van der Waals surface area contributed by atoms with Crippen molar-refractivity contribution < 1.29 is 14.4 Å².